The molecule has 0 bridgehead atoms. The van der Waals surface area contributed by atoms with Crippen molar-refractivity contribution in [3.8, 4) is 0 Å². The van der Waals surface area contributed by atoms with Crippen molar-refractivity contribution in [3.05, 3.63) is 35.6 Å². The summed E-state index contributed by atoms with van der Waals surface area (Å²) in [6, 6.07) is 5.08. The second-order valence-electron chi connectivity index (χ2n) is 4.57. The zero-order valence-electron chi connectivity index (χ0n) is 10.9. The molecule has 0 radical (unpaired) electrons. The Morgan fingerprint density at radius 1 is 1.26 bits per heavy atom. The van der Waals surface area contributed by atoms with Gasteiger partial charge in [0.05, 0.1) is 6.54 Å². The third-order valence-electron chi connectivity index (χ3n) is 2.64. The Morgan fingerprint density at radius 2 is 1.84 bits per heavy atom. The number of hydrogen-bond acceptors (Lipinski definition) is 3. The molecule has 1 rings (SSSR count). The maximum atomic E-state index is 12.9. The van der Waals surface area contributed by atoms with Gasteiger partial charge in [-0.25, -0.2) is 9.18 Å². The molecule has 0 aliphatic heterocycles. The fourth-order valence-corrected chi connectivity index (χ4v) is 1.79. The molecule has 0 saturated carbocycles. The second-order valence-corrected chi connectivity index (χ2v) is 4.57. The Balaban J connectivity index is 2.66. The average molecular weight is 267 g/mol. The van der Waals surface area contributed by atoms with Gasteiger partial charge in [-0.3, -0.25) is 10.1 Å². The molecule has 3 amide bonds. The summed E-state index contributed by atoms with van der Waals surface area (Å²) in [6.45, 7) is 3.92. The minimum atomic E-state index is -0.880. The van der Waals surface area contributed by atoms with Crippen LogP contribution in [-0.2, 0) is 4.79 Å². The number of halogens is 1. The summed E-state index contributed by atoms with van der Waals surface area (Å²) in [5.41, 5.74) is 5.73. The van der Waals surface area contributed by atoms with Gasteiger partial charge in [-0.2, -0.15) is 0 Å². The number of nitrogens with two attached hydrogens (primary N) is 1. The van der Waals surface area contributed by atoms with E-state index in [2.05, 4.69) is 5.32 Å². The predicted molar refractivity (Wildman–Crippen MR) is 69.7 cm³/mol. The van der Waals surface area contributed by atoms with E-state index in [9.17, 15) is 14.0 Å². The van der Waals surface area contributed by atoms with Crippen molar-refractivity contribution in [2.24, 2.45) is 11.7 Å². The van der Waals surface area contributed by atoms with E-state index in [1.807, 2.05) is 19.2 Å². The van der Waals surface area contributed by atoms with Crippen LogP contribution in [0.4, 0.5) is 9.18 Å². The van der Waals surface area contributed by atoms with Crippen molar-refractivity contribution in [1.29, 1.82) is 0 Å². The van der Waals surface area contributed by atoms with Crippen molar-refractivity contribution in [1.82, 2.24) is 10.6 Å². The van der Waals surface area contributed by atoms with Crippen molar-refractivity contribution >= 4 is 11.9 Å². The highest BCUT2D eigenvalue weighted by atomic mass is 19.1. The Bertz CT molecular complexity index is 446. The van der Waals surface area contributed by atoms with E-state index in [0.29, 0.717) is 0 Å². The van der Waals surface area contributed by atoms with Crippen LogP contribution in [0.15, 0.2) is 24.3 Å². The third-order valence-corrected chi connectivity index (χ3v) is 2.64. The number of urea groups is 1. The van der Waals surface area contributed by atoms with Gasteiger partial charge in [0, 0.05) is 6.04 Å². The molecule has 1 aromatic rings. The van der Waals surface area contributed by atoms with Crippen LogP contribution < -0.4 is 16.4 Å². The summed E-state index contributed by atoms with van der Waals surface area (Å²) >= 11 is 0. The number of amides is 3. The number of hydrogen-bond donors (Lipinski definition) is 3. The molecule has 0 saturated heterocycles. The van der Waals surface area contributed by atoms with Crippen LogP contribution in [0.5, 0.6) is 0 Å². The maximum absolute atomic E-state index is 12.9. The molecule has 0 aliphatic carbocycles. The molecule has 5 nitrogen and oxygen atoms in total. The van der Waals surface area contributed by atoms with Gasteiger partial charge in [-0.05, 0) is 23.6 Å². The van der Waals surface area contributed by atoms with Crippen molar-refractivity contribution in [3.63, 3.8) is 0 Å². The smallest absolute Gasteiger partial charge is 0.318 e. The van der Waals surface area contributed by atoms with E-state index in [0.717, 1.165) is 5.56 Å². The summed E-state index contributed by atoms with van der Waals surface area (Å²) in [5.74, 6) is -0.607. The zero-order valence-corrected chi connectivity index (χ0v) is 10.9. The fraction of sp³-hybridized carbons (Fsp3) is 0.385. The molecule has 19 heavy (non-hydrogen) atoms. The quantitative estimate of drug-likeness (QED) is 0.752. The molecule has 1 unspecified atom stereocenters. The van der Waals surface area contributed by atoms with Crippen molar-refractivity contribution in [2.45, 2.75) is 19.9 Å². The molecule has 0 heterocycles. The number of carbonyl (C=O) groups is 2. The Morgan fingerprint density at radius 3 is 2.32 bits per heavy atom. The van der Waals surface area contributed by atoms with E-state index < -0.39 is 11.9 Å². The van der Waals surface area contributed by atoms with Crippen LogP contribution in [0.1, 0.15) is 25.5 Å². The van der Waals surface area contributed by atoms with E-state index in [1.54, 1.807) is 12.1 Å². The minimum Gasteiger partial charge on any atom is -0.351 e. The van der Waals surface area contributed by atoms with Gasteiger partial charge in [-0.1, -0.05) is 26.0 Å². The molecule has 0 aliphatic rings. The lowest BCUT2D eigenvalue weighted by molar-refractivity contribution is -0.119. The van der Waals surface area contributed by atoms with Crippen LogP contribution in [-0.4, -0.2) is 18.5 Å². The zero-order chi connectivity index (χ0) is 14.4. The highest BCUT2D eigenvalue weighted by Gasteiger charge is 2.16. The van der Waals surface area contributed by atoms with Gasteiger partial charge in [-0.15, -0.1) is 0 Å². The SMILES string of the molecule is CC(C)C(NCC(=O)NC(N)=O)c1ccc(F)cc1. The van der Waals surface area contributed by atoms with Crippen molar-refractivity contribution in [2.75, 3.05) is 6.54 Å². The molecule has 1 aromatic carbocycles. The molecule has 1 atom stereocenters. The first-order valence-electron chi connectivity index (χ1n) is 5.98. The minimum absolute atomic E-state index is 0.0385. The largest absolute Gasteiger partial charge is 0.351 e. The predicted octanol–water partition coefficient (Wildman–Crippen LogP) is 1.31. The van der Waals surface area contributed by atoms with E-state index in [4.69, 9.17) is 5.73 Å². The number of rotatable bonds is 5. The monoisotopic (exact) mass is 267 g/mol. The summed E-state index contributed by atoms with van der Waals surface area (Å²) in [6.07, 6.45) is 0. The van der Waals surface area contributed by atoms with E-state index in [-0.39, 0.29) is 24.3 Å². The molecule has 0 spiro atoms. The summed E-state index contributed by atoms with van der Waals surface area (Å²) in [4.78, 5) is 21.8. The van der Waals surface area contributed by atoms with E-state index >= 15 is 0 Å². The number of primary amides is 1. The number of carbonyl (C=O) groups excluding carboxylic acids is 2. The van der Waals surface area contributed by atoms with E-state index in [1.165, 1.54) is 12.1 Å². The molecule has 0 aromatic heterocycles. The van der Waals surface area contributed by atoms with Crippen LogP contribution >= 0.6 is 0 Å². The normalized spacial score (nSPS) is 12.2. The summed E-state index contributed by atoms with van der Waals surface area (Å²) in [7, 11) is 0. The topological polar surface area (TPSA) is 84.2 Å². The van der Waals surface area contributed by atoms with Gasteiger partial charge in [0.25, 0.3) is 0 Å². The Labute approximate surface area is 111 Å². The highest BCUT2D eigenvalue weighted by molar-refractivity contribution is 5.94. The molecular weight excluding hydrogens is 249 g/mol. The number of benzene rings is 1. The van der Waals surface area contributed by atoms with Gasteiger partial charge in [0.1, 0.15) is 5.82 Å². The van der Waals surface area contributed by atoms with Crippen LogP contribution in [0, 0.1) is 11.7 Å². The number of nitrogens with one attached hydrogen (secondary N) is 2. The standard InChI is InChI=1S/C13H18FN3O2/c1-8(2)12(9-3-5-10(14)6-4-9)16-7-11(18)17-13(15)19/h3-6,8,12,16H,7H2,1-2H3,(H3,15,17,18,19). The lowest BCUT2D eigenvalue weighted by atomic mass is 9.96. The molecule has 6 heteroatoms. The second kappa shape index (κ2) is 6.84. The highest BCUT2D eigenvalue weighted by Crippen LogP contribution is 2.21. The number of imide groups is 1. The molecule has 0 fully saturated rings. The molecule has 104 valence electrons. The average Bonchev–Trinajstić information content (AvgIpc) is 2.30. The third kappa shape index (κ3) is 5.05. The first-order valence-corrected chi connectivity index (χ1v) is 5.98. The molecular formula is C13H18FN3O2. The Hall–Kier alpha value is -1.95. The summed E-state index contributed by atoms with van der Waals surface area (Å²) in [5, 5.41) is 4.99. The lowest BCUT2D eigenvalue weighted by Gasteiger charge is -2.22. The maximum Gasteiger partial charge on any atom is 0.318 e. The first kappa shape index (κ1) is 15.1. The lowest BCUT2D eigenvalue weighted by Crippen LogP contribution is -2.42. The summed E-state index contributed by atoms with van der Waals surface area (Å²) < 4.78 is 12.9. The van der Waals surface area contributed by atoms with Gasteiger partial charge in [0.15, 0.2) is 0 Å². The van der Waals surface area contributed by atoms with Crippen LogP contribution in [0.3, 0.4) is 0 Å². The van der Waals surface area contributed by atoms with Gasteiger partial charge < -0.3 is 11.1 Å². The van der Waals surface area contributed by atoms with Crippen molar-refractivity contribution < 1.29 is 14.0 Å². The first-order chi connectivity index (χ1) is 8.90. The molecule has 4 N–H and O–H groups in total. The van der Waals surface area contributed by atoms with Gasteiger partial charge >= 0.3 is 6.03 Å². The Kier molecular flexibility index (Phi) is 5.44. The fourth-order valence-electron chi connectivity index (χ4n) is 1.79. The van der Waals surface area contributed by atoms with Crippen LogP contribution in [0.2, 0.25) is 0 Å². The van der Waals surface area contributed by atoms with Crippen LogP contribution in [0.25, 0.3) is 0 Å². The van der Waals surface area contributed by atoms with Gasteiger partial charge in [0.2, 0.25) is 5.91 Å².